The van der Waals surface area contributed by atoms with Crippen LogP contribution in [0.1, 0.15) is 49.1 Å². The highest BCUT2D eigenvalue weighted by atomic mass is 16.5. The number of methoxy groups -OCH3 is 2. The molecule has 1 fully saturated rings. The summed E-state index contributed by atoms with van der Waals surface area (Å²) in [7, 11) is 3.16. The van der Waals surface area contributed by atoms with Gasteiger partial charge in [0.2, 0.25) is 5.95 Å². The Hall–Kier alpha value is -2.90. The van der Waals surface area contributed by atoms with E-state index in [4.69, 9.17) is 15.2 Å². The smallest absolute Gasteiger partial charge is 0.222 e. The maximum Gasteiger partial charge on any atom is 0.222 e. The van der Waals surface area contributed by atoms with Crippen molar-refractivity contribution >= 4 is 17.5 Å². The summed E-state index contributed by atoms with van der Waals surface area (Å²) in [5.74, 6) is 2.39. The van der Waals surface area contributed by atoms with Crippen LogP contribution in [0.15, 0.2) is 12.3 Å². The van der Waals surface area contributed by atoms with Gasteiger partial charge in [-0.3, -0.25) is 9.78 Å². The molecule has 2 aromatic rings. The lowest BCUT2D eigenvalue weighted by Gasteiger charge is -2.44. The number of nitrogens with two attached hydrogens (primary N) is 1. The van der Waals surface area contributed by atoms with Crippen LogP contribution in [0.3, 0.4) is 0 Å². The number of rotatable bonds is 4. The van der Waals surface area contributed by atoms with E-state index in [2.05, 4.69) is 15.0 Å². The lowest BCUT2D eigenvalue weighted by atomic mass is 9.64. The maximum absolute atomic E-state index is 13.4. The van der Waals surface area contributed by atoms with E-state index in [0.717, 1.165) is 48.5 Å². The molecule has 0 saturated heterocycles. The predicted molar refractivity (Wildman–Crippen MR) is 109 cm³/mol. The highest BCUT2D eigenvalue weighted by Crippen LogP contribution is 2.48. The van der Waals surface area contributed by atoms with Gasteiger partial charge in [-0.2, -0.15) is 4.98 Å². The number of hydrogen-bond acceptors (Lipinski definition) is 8. The first-order valence-corrected chi connectivity index (χ1v) is 9.98. The summed E-state index contributed by atoms with van der Waals surface area (Å²) in [6.45, 7) is 2.64. The van der Waals surface area contributed by atoms with E-state index in [-0.39, 0.29) is 11.7 Å². The summed E-state index contributed by atoms with van der Waals surface area (Å²) in [4.78, 5) is 28.8. The molecule has 0 atom stereocenters. The minimum Gasteiger partial charge on any atom is -0.493 e. The van der Waals surface area contributed by atoms with E-state index < -0.39 is 5.41 Å². The molecule has 0 amide bonds. The van der Waals surface area contributed by atoms with E-state index in [9.17, 15) is 4.79 Å². The van der Waals surface area contributed by atoms with Gasteiger partial charge in [0.05, 0.1) is 44.6 Å². The number of hydrogen-bond donors (Lipinski definition) is 1. The number of ether oxygens (including phenoxy) is 2. The average Bonchev–Trinajstić information content (AvgIpc) is 2.72. The zero-order chi connectivity index (χ0) is 20.6. The Morgan fingerprint density at radius 1 is 1.14 bits per heavy atom. The van der Waals surface area contributed by atoms with Gasteiger partial charge in [-0.05, 0) is 19.8 Å². The van der Waals surface area contributed by atoms with Gasteiger partial charge in [-0.1, -0.05) is 19.3 Å². The monoisotopic (exact) mass is 397 g/mol. The highest BCUT2D eigenvalue weighted by molar-refractivity contribution is 5.98. The molecule has 4 rings (SSSR count). The number of aromatic nitrogens is 3. The van der Waals surface area contributed by atoms with Crippen molar-refractivity contribution in [2.24, 2.45) is 0 Å². The van der Waals surface area contributed by atoms with Gasteiger partial charge in [0, 0.05) is 17.3 Å². The van der Waals surface area contributed by atoms with Crippen molar-refractivity contribution < 1.29 is 14.3 Å². The summed E-state index contributed by atoms with van der Waals surface area (Å²) >= 11 is 0. The Bertz CT molecular complexity index is 940. The molecule has 0 bridgehead atoms. The fourth-order valence-electron chi connectivity index (χ4n) is 4.78. The molecule has 0 unspecified atom stereocenters. The molecule has 1 saturated carbocycles. The first kappa shape index (κ1) is 19.4. The molecule has 1 spiro atoms. The Morgan fingerprint density at radius 3 is 2.55 bits per heavy atom. The minimum atomic E-state index is -0.479. The van der Waals surface area contributed by atoms with Gasteiger partial charge < -0.3 is 20.1 Å². The van der Waals surface area contributed by atoms with E-state index in [1.807, 2.05) is 17.9 Å². The summed E-state index contributed by atoms with van der Waals surface area (Å²) in [6, 6.07) is 1.82. The second-order valence-electron chi connectivity index (χ2n) is 7.82. The number of aryl methyl sites for hydroxylation is 1. The summed E-state index contributed by atoms with van der Waals surface area (Å²) in [5, 5.41) is 0. The van der Waals surface area contributed by atoms with Crippen LogP contribution in [-0.2, 0) is 16.8 Å². The zero-order valence-electron chi connectivity index (χ0n) is 17.2. The molecule has 0 aromatic carbocycles. The summed E-state index contributed by atoms with van der Waals surface area (Å²) in [6.07, 6.45) is 6.60. The van der Waals surface area contributed by atoms with Crippen LogP contribution in [0.25, 0.3) is 0 Å². The van der Waals surface area contributed by atoms with Crippen molar-refractivity contribution in [3.8, 4) is 11.5 Å². The highest BCUT2D eigenvalue weighted by Gasteiger charge is 2.48. The average molecular weight is 397 g/mol. The van der Waals surface area contributed by atoms with E-state index in [1.165, 1.54) is 6.42 Å². The number of pyridine rings is 1. The zero-order valence-corrected chi connectivity index (χ0v) is 17.2. The summed E-state index contributed by atoms with van der Waals surface area (Å²) in [5.41, 5.74) is 8.02. The van der Waals surface area contributed by atoms with Crippen molar-refractivity contribution in [3.05, 3.63) is 29.2 Å². The molecule has 1 aliphatic carbocycles. The Labute approximate surface area is 170 Å². The SMILES string of the molecule is COc1cnc(CN2CC(=O)C3(CCCCC3)c3c(C)nc(N)nc32)cc1OC. The summed E-state index contributed by atoms with van der Waals surface area (Å²) < 4.78 is 10.7. The molecule has 3 heterocycles. The number of anilines is 2. The maximum atomic E-state index is 13.4. The van der Waals surface area contributed by atoms with Gasteiger partial charge in [-0.25, -0.2) is 4.98 Å². The topological polar surface area (TPSA) is 103 Å². The van der Waals surface area contributed by atoms with E-state index >= 15 is 0 Å². The van der Waals surface area contributed by atoms with Gasteiger partial charge in [-0.15, -0.1) is 0 Å². The lowest BCUT2D eigenvalue weighted by Crippen LogP contribution is -2.50. The van der Waals surface area contributed by atoms with Crippen LogP contribution in [0.2, 0.25) is 0 Å². The van der Waals surface area contributed by atoms with E-state index in [0.29, 0.717) is 24.6 Å². The molecule has 1 aliphatic heterocycles. The van der Waals surface area contributed by atoms with Gasteiger partial charge in [0.15, 0.2) is 17.3 Å². The largest absolute Gasteiger partial charge is 0.493 e. The van der Waals surface area contributed by atoms with Crippen molar-refractivity contribution in [3.63, 3.8) is 0 Å². The minimum absolute atomic E-state index is 0.229. The van der Waals surface area contributed by atoms with Crippen LogP contribution in [-0.4, -0.2) is 41.5 Å². The molecule has 8 nitrogen and oxygen atoms in total. The van der Waals surface area contributed by atoms with Crippen LogP contribution in [0, 0.1) is 6.92 Å². The number of nitrogen functional groups attached to an aromatic ring is 1. The molecule has 2 N–H and O–H groups in total. The second-order valence-corrected chi connectivity index (χ2v) is 7.82. The third-order valence-electron chi connectivity index (χ3n) is 6.12. The fourth-order valence-corrected chi connectivity index (χ4v) is 4.78. The molecule has 2 aromatic heterocycles. The first-order valence-electron chi connectivity index (χ1n) is 9.98. The Morgan fingerprint density at radius 2 is 1.86 bits per heavy atom. The van der Waals surface area contributed by atoms with Crippen LogP contribution in [0.5, 0.6) is 11.5 Å². The van der Waals surface area contributed by atoms with Crippen LogP contribution >= 0.6 is 0 Å². The number of nitrogens with zero attached hydrogens (tertiary/aromatic N) is 4. The standard InChI is InChI=1S/C21H27N5O3/c1-13-18-19(25-20(22)24-13)26(12-17(27)21(18)7-5-4-6-8-21)11-14-9-15(28-2)16(29-3)10-23-14/h9-10H,4-8,11-12H2,1-3H3,(H2,22,24,25). The molecule has 29 heavy (non-hydrogen) atoms. The van der Waals surface area contributed by atoms with E-state index in [1.54, 1.807) is 20.4 Å². The van der Waals surface area contributed by atoms with Crippen LogP contribution in [0.4, 0.5) is 11.8 Å². The molecule has 2 aliphatic rings. The lowest BCUT2D eigenvalue weighted by molar-refractivity contribution is -0.125. The molecule has 154 valence electrons. The molecule has 0 radical (unpaired) electrons. The third kappa shape index (κ3) is 3.26. The number of Topliss-reactive ketones (excluding diaryl/α,β-unsaturated/α-hetero) is 1. The molecular formula is C21H27N5O3. The second kappa shape index (κ2) is 7.50. The van der Waals surface area contributed by atoms with Gasteiger partial charge in [0.25, 0.3) is 0 Å². The number of carbonyl (C=O) groups is 1. The fraction of sp³-hybridized carbons (Fsp3) is 0.524. The molecule has 8 heteroatoms. The van der Waals surface area contributed by atoms with Crippen molar-refractivity contribution in [1.82, 2.24) is 15.0 Å². The van der Waals surface area contributed by atoms with Crippen molar-refractivity contribution in [2.45, 2.75) is 51.0 Å². The van der Waals surface area contributed by atoms with Gasteiger partial charge >= 0.3 is 0 Å². The van der Waals surface area contributed by atoms with Crippen LogP contribution < -0.4 is 20.1 Å². The third-order valence-corrected chi connectivity index (χ3v) is 6.12. The molecular weight excluding hydrogens is 370 g/mol. The number of ketones is 1. The normalized spacial score (nSPS) is 17.9. The van der Waals surface area contributed by atoms with Crippen molar-refractivity contribution in [1.29, 1.82) is 0 Å². The predicted octanol–water partition coefficient (Wildman–Crippen LogP) is 2.57. The number of fused-ring (bicyclic) bond motifs is 2. The number of carbonyl (C=O) groups excluding carboxylic acids is 1. The Kier molecular flexibility index (Phi) is 5.02. The van der Waals surface area contributed by atoms with Crippen molar-refractivity contribution in [2.75, 3.05) is 31.4 Å². The van der Waals surface area contributed by atoms with Gasteiger partial charge in [0.1, 0.15) is 5.82 Å². The Balaban J connectivity index is 1.76. The first-order chi connectivity index (χ1) is 14.0. The quantitative estimate of drug-likeness (QED) is 0.840.